The quantitative estimate of drug-likeness (QED) is 0.605. The van der Waals surface area contributed by atoms with Crippen LogP contribution in [0.4, 0.5) is 0 Å². The van der Waals surface area contributed by atoms with Gasteiger partial charge < -0.3 is 20.1 Å². The first-order chi connectivity index (χ1) is 13.8. The summed E-state index contributed by atoms with van der Waals surface area (Å²) in [6.07, 6.45) is 3.63. The van der Waals surface area contributed by atoms with Crippen molar-refractivity contribution in [2.75, 3.05) is 45.9 Å². The minimum atomic E-state index is 0. The number of hydrogen-bond donors (Lipinski definition) is 2. The molecule has 2 aromatic rings. The number of amides is 1. The minimum absolute atomic E-state index is 0. The number of nitrogens with one attached hydrogen (secondary N) is 2. The molecule has 7 nitrogen and oxygen atoms in total. The third-order valence-electron chi connectivity index (χ3n) is 4.60. The van der Waals surface area contributed by atoms with Gasteiger partial charge in [-0.3, -0.25) is 14.7 Å². The summed E-state index contributed by atoms with van der Waals surface area (Å²) in [5.74, 6) is 1.59. The molecule has 0 saturated carbocycles. The summed E-state index contributed by atoms with van der Waals surface area (Å²) in [7, 11) is 0. The molecule has 1 fully saturated rings. The maximum absolute atomic E-state index is 12.4. The molecule has 158 valence electrons. The van der Waals surface area contributed by atoms with Crippen LogP contribution < -0.4 is 20.1 Å². The highest BCUT2D eigenvalue weighted by Crippen LogP contribution is 2.21. The Balaban J connectivity index is 0.00000300. The van der Waals surface area contributed by atoms with Gasteiger partial charge in [-0.15, -0.1) is 12.4 Å². The Morgan fingerprint density at radius 1 is 1.24 bits per heavy atom. The Labute approximate surface area is 178 Å². The van der Waals surface area contributed by atoms with Gasteiger partial charge in [0.2, 0.25) is 5.91 Å². The van der Waals surface area contributed by atoms with Crippen molar-refractivity contribution in [1.29, 1.82) is 0 Å². The van der Waals surface area contributed by atoms with Gasteiger partial charge in [-0.1, -0.05) is 6.07 Å². The van der Waals surface area contributed by atoms with Crippen LogP contribution in [0.1, 0.15) is 18.5 Å². The third-order valence-corrected chi connectivity index (χ3v) is 4.60. The SMILES string of the molecule is CCOc1ccc(OCCNC(=O)CN2CCNCC2c2cccnc2)cc1.Cl. The van der Waals surface area contributed by atoms with Crippen LogP contribution in [0.25, 0.3) is 0 Å². The van der Waals surface area contributed by atoms with Crippen LogP contribution in [0.3, 0.4) is 0 Å². The van der Waals surface area contributed by atoms with Gasteiger partial charge in [0.1, 0.15) is 18.1 Å². The van der Waals surface area contributed by atoms with Crippen LogP contribution in [0.15, 0.2) is 48.8 Å². The van der Waals surface area contributed by atoms with Crippen molar-refractivity contribution in [1.82, 2.24) is 20.5 Å². The fourth-order valence-electron chi connectivity index (χ4n) is 3.24. The zero-order chi connectivity index (χ0) is 19.6. The van der Waals surface area contributed by atoms with Crippen LogP contribution in [0, 0.1) is 0 Å². The number of carbonyl (C=O) groups is 1. The summed E-state index contributed by atoms with van der Waals surface area (Å²) in [6, 6.07) is 11.6. The van der Waals surface area contributed by atoms with Gasteiger partial charge in [0.05, 0.1) is 19.7 Å². The molecule has 1 unspecified atom stereocenters. The Morgan fingerprint density at radius 2 is 2.00 bits per heavy atom. The first-order valence-corrected chi connectivity index (χ1v) is 9.73. The molecule has 2 heterocycles. The monoisotopic (exact) mass is 420 g/mol. The highest BCUT2D eigenvalue weighted by atomic mass is 35.5. The van der Waals surface area contributed by atoms with Gasteiger partial charge in [0, 0.05) is 38.1 Å². The molecule has 29 heavy (non-hydrogen) atoms. The molecule has 3 rings (SSSR count). The van der Waals surface area contributed by atoms with Gasteiger partial charge >= 0.3 is 0 Å². The number of benzene rings is 1. The molecule has 1 aromatic heterocycles. The number of ether oxygens (including phenoxy) is 2. The largest absolute Gasteiger partial charge is 0.494 e. The average Bonchev–Trinajstić information content (AvgIpc) is 2.74. The van der Waals surface area contributed by atoms with E-state index < -0.39 is 0 Å². The van der Waals surface area contributed by atoms with Crippen molar-refractivity contribution in [2.45, 2.75) is 13.0 Å². The lowest BCUT2D eigenvalue weighted by atomic mass is 10.1. The summed E-state index contributed by atoms with van der Waals surface area (Å²) >= 11 is 0. The molecule has 0 radical (unpaired) electrons. The molecule has 1 amide bonds. The van der Waals surface area contributed by atoms with Crippen molar-refractivity contribution in [3.05, 3.63) is 54.4 Å². The van der Waals surface area contributed by atoms with Crippen molar-refractivity contribution in [3.8, 4) is 11.5 Å². The van der Waals surface area contributed by atoms with E-state index >= 15 is 0 Å². The van der Waals surface area contributed by atoms with E-state index in [0.717, 1.165) is 36.7 Å². The van der Waals surface area contributed by atoms with Gasteiger partial charge in [0.15, 0.2) is 0 Å². The number of aromatic nitrogens is 1. The van der Waals surface area contributed by atoms with Crippen LogP contribution in [-0.4, -0.2) is 61.7 Å². The van der Waals surface area contributed by atoms with E-state index in [9.17, 15) is 4.79 Å². The Hall–Kier alpha value is -2.35. The van der Waals surface area contributed by atoms with Gasteiger partial charge in [-0.25, -0.2) is 0 Å². The molecular formula is C21H29ClN4O3. The first kappa shape index (κ1) is 22.9. The number of hydrogen-bond acceptors (Lipinski definition) is 6. The highest BCUT2D eigenvalue weighted by molar-refractivity contribution is 5.85. The lowest BCUT2D eigenvalue weighted by Crippen LogP contribution is -2.49. The zero-order valence-electron chi connectivity index (χ0n) is 16.7. The second-order valence-corrected chi connectivity index (χ2v) is 6.58. The van der Waals surface area contributed by atoms with E-state index in [1.165, 1.54) is 0 Å². The number of pyridine rings is 1. The molecule has 2 N–H and O–H groups in total. The van der Waals surface area contributed by atoms with E-state index in [-0.39, 0.29) is 24.4 Å². The molecule has 1 aliphatic rings. The maximum atomic E-state index is 12.4. The molecular weight excluding hydrogens is 392 g/mol. The van der Waals surface area contributed by atoms with E-state index in [2.05, 4.69) is 26.6 Å². The Bertz CT molecular complexity index is 730. The van der Waals surface area contributed by atoms with E-state index in [1.807, 2.05) is 43.5 Å². The lowest BCUT2D eigenvalue weighted by Gasteiger charge is -2.35. The van der Waals surface area contributed by atoms with Gasteiger partial charge in [-0.05, 0) is 42.8 Å². The normalized spacial score (nSPS) is 16.5. The topological polar surface area (TPSA) is 75.7 Å². The lowest BCUT2D eigenvalue weighted by molar-refractivity contribution is -0.123. The first-order valence-electron chi connectivity index (χ1n) is 9.73. The second-order valence-electron chi connectivity index (χ2n) is 6.58. The average molecular weight is 421 g/mol. The predicted molar refractivity (Wildman–Crippen MR) is 115 cm³/mol. The van der Waals surface area contributed by atoms with Crippen molar-refractivity contribution in [3.63, 3.8) is 0 Å². The van der Waals surface area contributed by atoms with Gasteiger partial charge in [-0.2, -0.15) is 0 Å². The summed E-state index contributed by atoms with van der Waals surface area (Å²) in [5, 5.41) is 6.33. The number of rotatable bonds is 9. The van der Waals surface area contributed by atoms with E-state index in [0.29, 0.717) is 26.3 Å². The number of piperazine rings is 1. The second kappa shape index (κ2) is 12.3. The Kier molecular flexibility index (Phi) is 9.70. The van der Waals surface area contributed by atoms with Crippen LogP contribution in [-0.2, 0) is 4.79 Å². The summed E-state index contributed by atoms with van der Waals surface area (Å²) in [4.78, 5) is 18.7. The highest BCUT2D eigenvalue weighted by Gasteiger charge is 2.25. The Morgan fingerprint density at radius 3 is 2.69 bits per heavy atom. The molecule has 8 heteroatoms. The molecule has 1 aromatic carbocycles. The molecule has 1 atom stereocenters. The zero-order valence-corrected chi connectivity index (χ0v) is 17.5. The summed E-state index contributed by atoms with van der Waals surface area (Å²) < 4.78 is 11.1. The van der Waals surface area contributed by atoms with Crippen LogP contribution in [0.2, 0.25) is 0 Å². The number of carbonyl (C=O) groups excluding carboxylic acids is 1. The van der Waals surface area contributed by atoms with Gasteiger partial charge in [0.25, 0.3) is 0 Å². The maximum Gasteiger partial charge on any atom is 0.234 e. The van der Waals surface area contributed by atoms with Crippen molar-refractivity contribution in [2.24, 2.45) is 0 Å². The molecule has 0 bridgehead atoms. The predicted octanol–water partition coefficient (Wildman–Crippen LogP) is 2.04. The summed E-state index contributed by atoms with van der Waals surface area (Å²) in [5.41, 5.74) is 1.13. The fourth-order valence-corrected chi connectivity index (χ4v) is 3.24. The number of halogens is 1. The molecule has 1 aliphatic heterocycles. The number of nitrogens with zero attached hydrogens (tertiary/aromatic N) is 2. The summed E-state index contributed by atoms with van der Waals surface area (Å²) in [6.45, 7) is 6.38. The van der Waals surface area contributed by atoms with E-state index in [4.69, 9.17) is 9.47 Å². The van der Waals surface area contributed by atoms with Crippen LogP contribution >= 0.6 is 12.4 Å². The van der Waals surface area contributed by atoms with Crippen molar-refractivity contribution >= 4 is 18.3 Å². The molecule has 0 spiro atoms. The van der Waals surface area contributed by atoms with E-state index in [1.54, 1.807) is 6.20 Å². The fraction of sp³-hybridized carbons (Fsp3) is 0.429. The van der Waals surface area contributed by atoms with Crippen LogP contribution in [0.5, 0.6) is 11.5 Å². The third kappa shape index (κ3) is 7.20. The minimum Gasteiger partial charge on any atom is -0.494 e. The standard InChI is InChI=1S/C21H28N4O3.ClH/c1-2-27-18-5-7-19(8-6-18)28-13-11-24-21(26)16-25-12-10-23-15-20(25)17-4-3-9-22-14-17;/h3-9,14,20,23H,2,10-13,15-16H2,1H3,(H,24,26);1H. The molecule has 0 aliphatic carbocycles. The van der Waals surface area contributed by atoms with Crippen molar-refractivity contribution < 1.29 is 14.3 Å². The smallest absolute Gasteiger partial charge is 0.234 e. The molecule has 1 saturated heterocycles.